The molecule has 2 aromatic carbocycles. The molecule has 0 atom stereocenters. The summed E-state index contributed by atoms with van der Waals surface area (Å²) in [5.41, 5.74) is 0.775. The predicted molar refractivity (Wildman–Crippen MR) is 105 cm³/mol. The summed E-state index contributed by atoms with van der Waals surface area (Å²) in [7, 11) is 0. The van der Waals surface area contributed by atoms with Crippen LogP contribution in [0.25, 0.3) is 11.5 Å². The molecule has 1 fully saturated rings. The van der Waals surface area contributed by atoms with Crippen LogP contribution >= 0.6 is 23.2 Å². The molecule has 0 spiro atoms. The highest BCUT2D eigenvalue weighted by atomic mass is 35.5. The molecule has 0 N–H and O–H groups in total. The van der Waals surface area contributed by atoms with Crippen molar-refractivity contribution in [1.29, 1.82) is 0 Å². The summed E-state index contributed by atoms with van der Waals surface area (Å²) < 4.78 is 11.3. The Bertz CT molecular complexity index is 971. The summed E-state index contributed by atoms with van der Waals surface area (Å²) in [5, 5.41) is 9.34. The SMILES string of the molecule is O=C(COc1cccc(Cl)c1)N(Cc1nnc(-c2ccc(Cl)cc2)o1)C1CC1. The Labute approximate surface area is 172 Å². The van der Waals surface area contributed by atoms with Crippen LogP contribution in [0.4, 0.5) is 0 Å². The highest BCUT2D eigenvalue weighted by molar-refractivity contribution is 6.30. The lowest BCUT2D eigenvalue weighted by atomic mass is 10.2. The van der Waals surface area contributed by atoms with E-state index in [2.05, 4.69) is 10.2 Å². The van der Waals surface area contributed by atoms with Crippen molar-refractivity contribution < 1.29 is 13.9 Å². The predicted octanol–water partition coefficient (Wildman–Crippen LogP) is 4.61. The van der Waals surface area contributed by atoms with E-state index in [-0.39, 0.29) is 25.1 Å². The smallest absolute Gasteiger partial charge is 0.261 e. The van der Waals surface area contributed by atoms with E-state index in [0.717, 1.165) is 18.4 Å². The third-order valence-corrected chi connectivity index (χ3v) is 4.82. The molecule has 6 nitrogen and oxygen atoms in total. The summed E-state index contributed by atoms with van der Waals surface area (Å²) in [6.45, 7) is 0.179. The van der Waals surface area contributed by atoms with E-state index in [1.807, 2.05) is 12.1 Å². The van der Waals surface area contributed by atoms with E-state index in [1.165, 1.54) is 0 Å². The van der Waals surface area contributed by atoms with Crippen LogP contribution in [0.15, 0.2) is 52.9 Å². The van der Waals surface area contributed by atoms with Gasteiger partial charge in [-0.25, -0.2) is 0 Å². The van der Waals surface area contributed by atoms with Gasteiger partial charge in [0.25, 0.3) is 5.91 Å². The summed E-state index contributed by atoms with van der Waals surface area (Å²) in [6, 6.07) is 14.3. The van der Waals surface area contributed by atoms with Crippen LogP contribution in [0.2, 0.25) is 10.0 Å². The van der Waals surface area contributed by atoms with Gasteiger partial charge in [0.2, 0.25) is 11.8 Å². The first kappa shape index (κ1) is 18.8. The molecule has 4 rings (SSSR count). The van der Waals surface area contributed by atoms with Gasteiger partial charge in [0.05, 0.1) is 6.54 Å². The third kappa shape index (κ3) is 4.64. The number of ether oxygens (including phenoxy) is 1. The Morgan fingerprint density at radius 3 is 2.61 bits per heavy atom. The quantitative estimate of drug-likeness (QED) is 0.561. The second-order valence-electron chi connectivity index (χ2n) is 6.51. The molecule has 1 aliphatic carbocycles. The van der Waals surface area contributed by atoms with Crippen molar-refractivity contribution in [3.8, 4) is 17.2 Å². The van der Waals surface area contributed by atoms with Crippen LogP contribution in [-0.4, -0.2) is 33.7 Å². The third-order valence-electron chi connectivity index (χ3n) is 4.33. The Hall–Kier alpha value is -2.57. The molecule has 8 heteroatoms. The summed E-state index contributed by atoms with van der Waals surface area (Å²) in [5.74, 6) is 1.20. The van der Waals surface area contributed by atoms with E-state index < -0.39 is 0 Å². The standard InChI is InChI=1S/C20H17Cl2N3O3/c21-14-6-4-13(5-7-14)20-24-23-18(28-20)11-25(16-8-9-16)19(26)12-27-17-3-1-2-15(22)10-17/h1-7,10,16H,8-9,11-12H2. The van der Waals surface area contributed by atoms with Crippen molar-refractivity contribution >= 4 is 29.1 Å². The summed E-state index contributed by atoms with van der Waals surface area (Å²) >= 11 is 11.8. The molecule has 1 aromatic heterocycles. The topological polar surface area (TPSA) is 68.5 Å². The highest BCUT2D eigenvalue weighted by Gasteiger charge is 2.34. The second kappa shape index (κ2) is 8.20. The minimum Gasteiger partial charge on any atom is -0.484 e. The van der Waals surface area contributed by atoms with E-state index in [0.29, 0.717) is 27.6 Å². The normalized spacial score (nSPS) is 13.4. The molecule has 28 heavy (non-hydrogen) atoms. The average molecular weight is 418 g/mol. The van der Waals surface area contributed by atoms with Gasteiger partial charge in [-0.05, 0) is 55.3 Å². The summed E-state index contributed by atoms with van der Waals surface area (Å²) in [4.78, 5) is 14.4. The van der Waals surface area contributed by atoms with Gasteiger partial charge in [-0.1, -0.05) is 29.3 Å². The number of carbonyl (C=O) groups excluding carboxylic acids is 1. The van der Waals surface area contributed by atoms with Gasteiger partial charge in [0.1, 0.15) is 5.75 Å². The number of rotatable bonds is 7. The zero-order chi connectivity index (χ0) is 19.5. The molecule has 0 bridgehead atoms. The number of benzene rings is 2. The molecule has 0 radical (unpaired) electrons. The number of nitrogens with zero attached hydrogens (tertiary/aromatic N) is 3. The van der Waals surface area contributed by atoms with Gasteiger partial charge >= 0.3 is 0 Å². The first-order valence-corrected chi connectivity index (χ1v) is 9.60. The zero-order valence-electron chi connectivity index (χ0n) is 14.8. The van der Waals surface area contributed by atoms with Crippen molar-refractivity contribution in [2.24, 2.45) is 0 Å². The van der Waals surface area contributed by atoms with Crippen LogP contribution in [-0.2, 0) is 11.3 Å². The van der Waals surface area contributed by atoms with E-state index in [9.17, 15) is 4.79 Å². The first-order chi connectivity index (χ1) is 13.6. The lowest BCUT2D eigenvalue weighted by Gasteiger charge is -2.20. The van der Waals surface area contributed by atoms with Crippen molar-refractivity contribution in [1.82, 2.24) is 15.1 Å². The van der Waals surface area contributed by atoms with Crippen molar-refractivity contribution in [2.45, 2.75) is 25.4 Å². The number of hydrogen-bond donors (Lipinski definition) is 0. The number of halogens is 2. The molecule has 1 saturated carbocycles. The number of aromatic nitrogens is 2. The minimum absolute atomic E-state index is 0.0744. The van der Waals surface area contributed by atoms with Crippen LogP contribution in [0.3, 0.4) is 0 Å². The number of hydrogen-bond acceptors (Lipinski definition) is 5. The van der Waals surface area contributed by atoms with Crippen molar-refractivity contribution in [3.05, 3.63) is 64.5 Å². The molecule has 3 aromatic rings. The van der Waals surface area contributed by atoms with Gasteiger partial charge < -0.3 is 14.1 Å². The maximum absolute atomic E-state index is 12.7. The molecule has 0 saturated heterocycles. The maximum Gasteiger partial charge on any atom is 0.261 e. The fourth-order valence-corrected chi connectivity index (χ4v) is 3.07. The Morgan fingerprint density at radius 2 is 1.89 bits per heavy atom. The molecule has 0 unspecified atom stereocenters. The molecule has 144 valence electrons. The minimum atomic E-state index is -0.131. The van der Waals surface area contributed by atoms with E-state index in [1.54, 1.807) is 41.3 Å². The highest BCUT2D eigenvalue weighted by Crippen LogP contribution is 2.29. The Kier molecular flexibility index (Phi) is 5.50. The van der Waals surface area contributed by atoms with Gasteiger partial charge in [-0.2, -0.15) is 0 Å². The Balaban J connectivity index is 1.41. The lowest BCUT2D eigenvalue weighted by Crippen LogP contribution is -2.36. The average Bonchev–Trinajstić information content (AvgIpc) is 3.43. The van der Waals surface area contributed by atoms with Crippen LogP contribution < -0.4 is 4.74 Å². The summed E-state index contributed by atoms with van der Waals surface area (Å²) in [6.07, 6.45) is 1.92. The fourth-order valence-electron chi connectivity index (χ4n) is 2.76. The molecule has 1 amide bonds. The van der Waals surface area contributed by atoms with Gasteiger partial charge in [-0.15, -0.1) is 10.2 Å². The van der Waals surface area contributed by atoms with Crippen molar-refractivity contribution in [2.75, 3.05) is 6.61 Å². The van der Waals surface area contributed by atoms with Crippen LogP contribution in [0.5, 0.6) is 5.75 Å². The second-order valence-corrected chi connectivity index (χ2v) is 7.38. The largest absolute Gasteiger partial charge is 0.484 e. The molecular formula is C20H17Cl2N3O3. The lowest BCUT2D eigenvalue weighted by molar-refractivity contribution is -0.134. The molecule has 1 aliphatic rings. The maximum atomic E-state index is 12.7. The van der Waals surface area contributed by atoms with E-state index >= 15 is 0 Å². The van der Waals surface area contributed by atoms with Crippen LogP contribution in [0, 0.1) is 0 Å². The van der Waals surface area contributed by atoms with Gasteiger partial charge in [-0.3, -0.25) is 4.79 Å². The molecular weight excluding hydrogens is 401 g/mol. The molecule has 1 heterocycles. The first-order valence-electron chi connectivity index (χ1n) is 8.84. The zero-order valence-corrected chi connectivity index (χ0v) is 16.4. The monoisotopic (exact) mass is 417 g/mol. The van der Waals surface area contributed by atoms with Gasteiger partial charge in [0, 0.05) is 21.7 Å². The molecule has 0 aliphatic heterocycles. The number of carbonyl (C=O) groups is 1. The number of amides is 1. The van der Waals surface area contributed by atoms with Crippen LogP contribution in [0.1, 0.15) is 18.7 Å². The fraction of sp³-hybridized carbons (Fsp3) is 0.250. The Morgan fingerprint density at radius 1 is 1.11 bits per heavy atom. The van der Waals surface area contributed by atoms with E-state index in [4.69, 9.17) is 32.4 Å². The van der Waals surface area contributed by atoms with Gasteiger partial charge in [0.15, 0.2) is 6.61 Å². The van der Waals surface area contributed by atoms with Crippen molar-refractivity contribution in [3.63, 3.8) is 0 Å².